The zero-order chi connectivity index (χ0) is 14.7. The van der Waals surface area contributed by atoms with E-state index in [9.17, 15) is 0 Å². The third kappa shape index (κ3) is 2.93. The summed E-state index contributed by atoms with van der Waals surface area (Å²) in [6, 6.07) is 3.74. The lowest BCUT2D eigenvalue weighted by Gasteiger charge is -2.12. The Morgan fingerprint density at radius 3 is 2.35 bits per heavy atom. The van der Waals surface area contributed by atoms with Gasteiger partial charge in [-0.15, -0.1) is 0 Å². The summed E-state index contributed by atoms with van der Waals surface area (Å²) in [6.07, 6.45) is 2.19. The van der Waals surface area contributed by atoms with Crippen LogP contribution in [0.3, 0.4) is 0 Å². The Labute approximate surface area is 125 Å². The molecule has 0 aliphatic carbocycles. The van der Waals surface area contributed by atoms with Crippen molar-refractivity contribution in [1.82, 2.24) is 9.97 Å². The molecule has 0 amide bonds. The first-order chi connectivity index (χ1) is 9.55. The molecule has 0 fully saturated rings. The molecule has 0 bridgehead atoms. The van der Waals surface area contributed by atoms with E-state index in [-0.39, 0.29) is 5.95 Å². The molecule has 0 aliphatic rings. The lowest BCUT2D eigenvalue weighted by atomic mass is 10.1. The minimum Gasteiger partial charge on any atom is -0.493 e. The van der Waals surface area contributed by atoms with Crippen LogP contribution in [0.1, 0.15) is 11.1 Å². The van der Waals surface area contributed by atoms with Gasteiger partial charge in [-0.2, -0.15) is 4.98 Å². The van der Waals surface area contributed by atoms with Crippen LogP contribution in [0.2, 0.25) is 0 Å². The van der Waals surface area contributed by atoms with Crippen molar-refractivity contribution in [2.75, 3.05) is 25.7 Å². The van der Waals surface area contributed by atoms with Crippen LogP contribution in [0.25, 0.3) is 0 Å². The molecular formula is C13H15BrN4O2. The first-order valence-electron chi connectivity index (χ1n) is 5.82. The summed E-state index contributed by atoms with van der Waals surface area (Å²) in [7, 11) is 3.19. The smallest absolute Gasteiger partial charge is 0.221 e. The van der Waals surface area contributed by atoms with E-state index in [1.807, 2.05) is 12.1 Å². The number of ether oxygens (including phenoxy) is 2. The Kier molecular flexibility index (Phi) is 4.29. The fraction of sp³-hybridized carbons (Fsp3) is 0.231. The number of benzene rings is 1. The van der Waals surface area contributed by atoms with Gasteiger partial charge in [-0.05, 0) is 17.7 Å². The highest BCUT2D eigenvalue weighted by Crippen LogP contribution is 2.34. The van der Waals surface area contributed by atoms with Crippen LogP contribution < -0.4 is 20.9 Å². The van der Waals surface area contributed by atoms with E-state index < -0.39 is 0 Å². The first-order valence-corrected chi connectivity index (χ1v) is 6.61. The van der Waals surface area contributed by atoms with E-state index in [4.69, 9.17) is 20.9 Å². The molecule has 1 aromatic carbocycles. The maximum atomic E-state index is 5.84. The second-order valence-electron chi connectivity index (χ2n) is 4.11. The van der Waals surface area contributed by atoms with Crippen molar-refractivity contribution >= 4 is 27.7 Å². The maximum Gasteiger partial charge on any atom is 0.221 e. The van der Waals surface area contributed by atoms with Gasteiger partial charge in [0, 0.05) is 22.7 Å². The number of hydrogen-bond acceptors (Lipinski definition) is 6. The molecule has 0 radical (unpaired) electrons. The zero-order valence-corrected chi connectivity index (χ0v) is 12.8. The van der Waals surface area contributed by atoms with Crippen molar-refractivity contribution in [2.24, 2.45) is 0 Å². The van der Waals surface area contributed by atoms with Crippen LogP contribution in [-0.2, 0) is 6.42 Å². The van der Waals surface area contributed by atoms with E-state index in [2.05, 4.69) is 25.9 Å². The lowest BCUT2D eigenvalue weighted by Crippen LogP contribution is -2.04. The Morgan fingerprint density at radius 1 is 1.10 bits per heavy atom. The number of hydrogen-bond donors (Lipinski definition) is 2. The maximum absolute atomic E-state index is 5.84. The van der Waals surface area contributed by atoms with Gasteiger partial charge >= 0.3 is 0 Å². The van der Waals surface area contributed by atoms with Crippen LogP contribution in [0.5, 0.6) is 11.5 Å². The van der Waals surface area contributed by atoms with Crippen LogP contribution in [0.4, 0.5) is 11.8 Å². The Morgan fingerprint density at radius 2 is 1.75 bits per heavy atom. The van der Waals surface area contributed by atoms with E-state index >= 15 is 0 Å². The molecule has 6 nitrogen and oxygen atoms in total. The molecular weight excluding hydrogens is 324 g/mol. The van der Waals surface area contributed by atoms with Crippen molar-refractivity contribution in [3.05, 3.63) is 33.9 Å². The van der Waals surface area contributed by atoms with Crippen molar-refractivity contribution in [2.45, 2.75) is 6.42 Å². The minimum absolute atomic E-state index is 0.164. The molecule has 0 aliphatic heterocycles. The Balaban J connectivity index is 2.38. The normalized spacial score (nSPS) is 10.3. The molecule has 4 N–H and O–H groups in total. The SMILES string of the molecule is COc1cc(Br)c(Cc2cnc(N)nc2N)cc1OC. The summed E-state index contributed by atoms with van der Waals surface area (Å²) in [5, 5.41) is 0. The highest BCUT2D eigenvalue weighted by atomic mass is 79.9. The summed E-state index contributed by atoms with van der Waals surface area (Å²) in [4.78, 5) is 7.91. The highest BCUT2D eigenvalue weighted by molar-refractivity contribution is 9.10. The number of aromatic nitrogens is 2. The molecule has 1 aromatic heterocycles. The summed E-state index contributed by atoms with van der Waals surface area (Å²) in [5.74, 6) is 1.85. The van der Waals surface area contributed by atoms with Gasteiger partial charge < -0.3 is 20.9 Å². The minimum atomic E-state index is 0.164. The molecule has 2 rings (SSSR count). The molecule has 0 saturated heterocycles. The molecule has 0 atom stereocenters. The highest BCUT2D eigenvalue weighted by Gasteiger charge is 2.12. The molecule has 0 saturated carbocycles. The van der Waals surface area contributed by atoms with Gasteiger partial charge in [-0.3, -0.25) is 0 Å². The molecule has 106 valence electrons. The molecule has 2 aromatic rings. The van der Waals surface area contributed by atoms with Crippen LogP contribution in [0, 0.1) is 0 Å². The average molecular weight is 339 g/mol. The quantitative estimate of drug-likeness (QED) is 0.885. The third-order valence-electron chi connectivity index (χ3n) is 2.85. The second-order valence-corrected chi connectivity index (χ2v) is 4.97. The average Bonchev–Trinajstić information content (AvgIpc) is 2.43. The number of methoxy groups -OCH3 is 2. The van der Waals surface area contributed by atoms with E-state index in [1.54, 1.807) is 20.4 Å². The fourth-order valence-corrected chi connectivity index (χ4v) is 2.27. The van der Waals surface area contributed by atoms with Gasteiger partial charge in [-0.25, -0.2) is 4.98 Å². The lowest BCUT2D eigenvalue weighted by molar-refractivity contribution is 0.354. The number of anilines is 2. The van der Waals surface area contributed by atoms with Crippen LogP contribution >= 0.6 is 15.9 Å². The number of rotatable bonds is 4. The summed E-state index contributed by atoms with van der Waals surface area (Å²) >= 11 is 3.51. The largest absolute Gasteiger partial charge is 0.493 e. The molecule has 20 heavy (non-hydrogen) atoms. The fourth-order valence-electron chi connectivity index (χ4n) is 1.81. The van der Waals surface area contributed by atoms with Gasteiger partial charge in [0.1, 0.15) is 5.82 Å². The third-order valence-corrected chi connectivity index (χ3v) is 3.59. The Hall–Kier alpha value is -2.02. The topological polar surface area (TPSA) is 96.3 Å². The Bertz CT molecular complexity index is 634. The van der Waals surface area contributed by atoms with E-state index in [0.717, 1.165) is 15.6 Å². The monoisotopic (exact) mass is 338 g/mol. The van der Waals surface area contributed by atoms with Crippen molar-refractivity contribution < 1.29 is 9.47 Å². The number of halogens is 1. The van der Waals surface area contributed by atoms with Crippen molar-refractivity contribution in [3.8, 4) is 11.5 Å². The first kappa shape index (κ1) is 14.4. The van der Waals surface area contributed by atoms with Crippen LogP contribution in [-0.4, -0.2) is 24.2 Å². The van der Waals surface area contributed by atoms with Gasteiger partial charge in [-0.1, -0.05) is 15.9 Å². The van der Waals surface area contributed by atoms with E-state index in [1.165, 1.54) is 0 Å². The summed E-state index contributed by atoms with van der Waals surface area (Å²) in [5.41, 5.74) is 13.1. The predicted molar refractivity (Wildman–Crippen MR) is 80.9 cm³/mol. The zero-order valence-electron chi connectivity index (χ0n) is 11.2. The van der Waals surface area contributed by atoms with Gasteiger partial charge in [0.25, 0.3) is 0 Å². The van der Waals surface area contributed by atoms with Crippen LogP contribution in [0.15, 0.2) is 22.8 Å². The molecule has 1 heterocycles. The van der Waals surface area contributed by atoms with Crippen molar-refractivity contribution in [3.63, 3.8) is 0 Å². The number of nitrogen functional groups attached to an aromatic ring is 2. The number of nitrogens with zero attached hydrogens (tertiary/aromatic N) is 2. The molecule has 0 spiro atoms. The summed E-state index contributed by atoms with van der Waals surface area (Å²) < 4.78 is 11.4. The number of nitrogens with two attached hydrogens (primary N) is 2. The predicted octanol–water partition coefficient (Wildman–Crippen LogP) is 2.01. The summed E-state index contributed by atoms with van der Waals surface area (Å²) in [6.45, 7) is 0. The van der Waals surface area contributed by atoms with E-state index in [0.29, 0.717) is 23.7 Å². The second kappa shape index (κ2) is 5.96. The van der Waals surface area contributed by atoms with Gasteiger partial charge in [0.2, 0.25) is 5.95 Å². The standard InChI is InChI=1S/C13H15BrN4O2/c1-19-10-4-7(9(14)5-11(10)20-2)3-8-6-17-13(16)18-12(8)15/h4-6H,3H2,1-2H3,(H4,15,16,17,18). The van der Waals surface area contributed by atoms with Gasteiger partial charge in [0.05, 0.1) is 14.2 Å². The molecule has 0 unspecified atom stereocenters. The van der Waals surface area contributed by atoms with Crippen molar-refractivity contribution in [1.29, 1.82) is 0 Å². The molecule has 7 heteroatoms. The van der Waals surface area contributed by atoms with Gasteiger partial charge in [0.15, 0.2) is 11.5 Å².